The van der Waals surface area contributed by atoms with E-state index in [1.807, 2.05) is 48.5 Å². The highest BCUT2D eigenvalue weighted by Crippen LogP contribution is 2.27. The lowest BCUT2D eigenvalue weighted by molar-refractivity contribution is -0.942. The van der Waals surface area contributed by atoms with Gasteiger partial charge in [-0.15, -0.1) is 0 Å². The minimum absolute atomic E-state index is 0. The van der Waals surface area contributed by atoms with E-state index in [1.165, 1.54) is 38.2 Å². The van der Waals surface area contributed by atoms with Gasteiger partial charge in [0, 0.05) is 24.0 Å². The molecule has 5 nitrogen and oxygen atoms in total. The number of benzene rings is 2. The first kappa shape index (κ1) is 22.1. The number of halogens is 1. The molecule has 28 heavy (non-hydrogen) atoms. The summed E-state index contributed by atoms with van der Waals surface area (Å²) >= 11 is 0. The molecule has 0 spiro atoms. The van der Waals surface area contributed by atoms with Crippen LogP contribution in [0.2, 0.25) is 0 Å². The van der Waals surface area contributed by atoms with E-state index in [0.717, 1.165) is 30.7 Å². The number of rotatable bonds is 6. The van der Waals surface area contributed by atoms with Crippen molar-refractivity contribution in [1.29, 1.82) is 0 Å². The quantitative estimate of drug-likeness (QED) is 0.479. The molecule has 6 heteroatoms. The summed E-state index contributed by atoms with van der Waals surface area (Å²) in [6.07, 6.45) is 2.45. The Morgan fingerprint density at radius 2 is 1.11 bits per heavy atom. The van der Waals surface area contributed by atoms with E-state index < -0.39 is 0 Å². The van der Waals surface area contributed by atoms with E-state index in [1.54, 1.807) is 0 Å². The van der Waals surface area contributed by atoms with Gasteiger partial charge in [0.1, 0.15) is 13.1 Å². The first-order valence-corrected chi connectivity index (χ1v) is 9.25. The third kappa shape index (κ3) is 5.20. The second-order valence-electron chi connectivity index (χ2n) is 7.19. The predicted molar refractivity (Wildman–Crippen MR) is 102 cm³/mol. The highest BCUT2D eigenvalue weighted by Gasteiger charge is 2.32. The molecular weight excluding hydrogens is 422 g/mol. The molecule has 1 fully saturated rings. The minimum atomic E-state index is -0.308. The minimum Gasteiger partial charge on any atom is -1.00 e. The fourth-order valence-corrected chi connectivity index (χ4v) is 3.88. The Bertz CT molecular complexity index is 733. The summed E-state index contributed by atoms with van der Waals surface area (Å²) in [5.41, 5.74) is 3.59. The standard InChI is InChI=1S/C22H26NO4.BrH/c1-26-21(24)19-9-5-17(6-10-19)15-23(13-3-4-14-23)16-18-7-11-20(12-8-18)22(25)27-2;/h5-12H,3-4,13-16H2,1-2H3;1H/q+1;/p-1. The zero-order chi connectivity index (χ0) is 19.3. The molecule has 0 radical (unpaired) electrons. The van der Waals surface area contributed by atoms with Crippen LogP contribution < -0.4 is 17.0 Å². The van der Waals surface area contributed by atoms with Crippen molar-refractivity contribution < 1.29 is 40.5 Å². The SMILES string of the molecule is COC(=O)c1ccc(C[N+]2(Cc3ccc(C(=O)OC)cc3)CCCC2)cc1.[Br-]. The lowest BCUT2D eigenvalue weighted by Crippen LogP contribution is -3.00. The Morgan fingerprint density at radius 3 is 1.43 bits per heavy atom. The van der Waals surface area contributed by atoms with Gasteiger partial charge in [0.15, 0.2) is 0 Å². The Balaban J connectivity index is 0.00000280. The lowest BCUT2D eigenvalue weighted by atomic mass is 10.1. The largest absolute Gasteiger partial charge is 1.00 e. The molecule has 0 amide bonds. The van der Waals surface area contributed by atoms with E-state index in [-0.39, 0.29) is 28.9 Å². The number of ether oxygens (including phenoxy) is 2. The molecule has 0 unspecified atom stereocenters. The summed E-state index contributed by atoms with van der Waals surface area (Å²) in [6, 6.07) is 15.4. The highest BCUT2D eigenvalue weighted by molar-refractivity contribution is 5.89. The molecule has 1 heterocycles. The first-order chi connectivity index (χ1) is 13.0. The lowest BCUT2D eigenvalue weighted by Gasteiger charge is -2.34. The number of carbonyl (C=O) groups excluding carboxylic acids is 2. The summed E-state index contributed by atoms with van der Waals surface area (Å²) in [5.74, 6) is -0.616. The van der Waals surface area contributed by atoms with Crippen molar-refractivity contribution in [2.75, 3.05) is 27.3 Å². The van der Waals surface area contributed by atoms with E-state index in [0.29, 0.717) is 11.1 Å². The van der Waals surface area contributed by atoms with Gasteiger partial charge in [-0.1, -0.05) is 24.3 Å². The maximum absolute atomic E-state index is 11.6. The molecule has 3 rings (SSSR count). The molecule has 0 N–H and O–H groups in total. The number of hydrogen-bond acceptors (Lipinski definition) is 4. The van der Waals surface area contributed by atoms with Crippen molar-refractivity contribution in [3.8, 4) is 0 Å². The van der Waals surface area contributed by atoms with Gasteiger partial charge in [0.05, 0.1) is 38.4 Å². The van der Waals surface area contributed by atoms with Crippen molar-refractivity contribution in [1.82, 2.24) is 0 Å². The molecular formula is C22H26BrNO4. The summed E-state index contributed by atoms with van der Waals surface area (Å²) in [5, 5.41) is 0. The van der Waals surface area contributed by atoms with Crippen LogP contribution >= 0.6 is 0 Å². The summed E-state index contributed by atoms with van der Waals surface area (Å²) in [6.45, 7) is 4.13. The van der Waals surface area contributed by atoms with Gasteiger partial charge in [-0.2, -0.15) is 0 Å². The number of esters is 2. The van der Waals surface area contributed by atoms with E-state index in [9.17, 15) is 9.59 Å². The normalized spacial score (nSPS) is 14.8. The zero-order valence-corrected chi connectivity index (χ0v) is 17.9. The van der Waals surface area contributed by atoms with Gasteiger partial charge in [0.2, 0.25) is 0 Å². The van der Waals surface area contributed by atoms with Crippen molar-refractivity contribution >= 4 is 11.9 Å². The van der Waals surface area contributed by atoms with Crippen LogP contribution in [0.4, 0.5) is 0 Å². The molecule has 0 aromatic heterocycles. The van der Waals surface area contributed by atoms with Crippen LogP contribution in [0.1, 0.15) is 44.7 Å². The van der Waals surface area contributed by atoms with Gasteiger partial charge in [-0.3, -0.25) is 0 Å². The van der Waals surface area contributed by atoms with E-state index >= 15 is 0 Å². The fraction of sp³-hybridized carbons (Fsp3) is 0.364. The Morgan fingerprint density at radius 1 is 0.750 bits per heavy atom. The van der Waals surface area contributed by atoms with Gasteiger partial charge < -0.3 is 30.9 Å². The van der Waals surface area contributed by atoms with Gasteiger partial charge >= 0.3 is 11.9 Å². The Hall–Kier alpha value is -2.18. The number of quaternary nitrogens is 1. The molecule has 1 saturated heterocycles. The topological polar surface area (TPSA) is 52.6 Å². The maximum atomic E-state index is 11.6. The zero-order valence-electron chi connectivity index (χ0n) is 16.3. The molecule has 2 aromatic carbocycles. The van der Waals surface area contributed by atoms with E-state index in [2.05, 4.69) is 0 Å². The summed E-state index contributed by atoms with van der Waals surface area (Å²) in [4.78, 5) is 23.2. The first-order valence-electron chi connectivity index (χ1n) is 9.25. The number of carbonyl (C=O) groups is 2. The maximum Gasteiger partial charge on any atom is 0.337 e. The average Bonchev–Trinajstić information content (AvgIpc) is 3.15. The van der Waals surface area contributed by atoms with E-state index in [4.69, 9.17) is 9.47 Å². The van der Waals surface area contributed by atoms with Crippen LogP contribution in [-0.2, 0) is 22.6 Å². The molecule has 0 bridgehead atoms. The van der Waals surface area contributed by atoms with Crippen LogP contribution in [0, 0.1) is 0 Å². The average molecular weight is 448 g/mol. The van der Waals surface area contributed by atoms with Crippen LogP contribution in [0.5, 0.6) is 0 Å². The molecule has 150 valence electrons. The number of hydrogen-bond donors (Lipinski definition) is 0. The smallest absolute Gasteiger partial charge is 0.337 e. The van der Waals surface area contributed by atoms with Crippen molar-refractivity contribution in [3.63, 3.8) is 0 Å². The van der Waals surface area contributed by atoms with Crippen LogP contribution in [0.25, 0.3) is 0 Å². The van der Waals surface area contributed by atoms with Crippen LogP contribution in [0.3, 0.4) is 0 Å². The second-order valence-corrected chi connectivity index (χ2v) is 7.19. The molecule has 1 aliphatic rings. The van der Waals surface area contributed by atoms with Crippen molar-refractivity contribution in [2.45, 2.75) is 25.9 Å². The fourth-order valence-electron chi connectivity index (χ4n) is 3.88. The third-order valence-corrected chi connectivity index (χ3v) is 5.30. The number of nitrogens with zero attached hydrogens (tertiary/aromatic N) is 1. The summed E-state index contributed by atoms with van der Waals surface area (Å²) < 4.78 is 10.5. The van der Waals surface area contributed by atoms with Crippen LogP contribution in [-0.4, -0.2) is 43.7 Å². The van der Waals surface area contributed by atoms with Crippen molar-refractivity contribution in [3.05, 3.63) is 70.8 Å². The summed E-state index contributed by atoms with van der Waals surface area (Å²) in [7, 11) is 2.79. The predicted octanol–water partition coefficient (Wildman–Crippen LogP) is 0.575. The molecule has 0 aliphatic carbocycles. The molecule has 1 aliphatic heterocycles. The monoisotopic (exact) mass is 447 g/mol. The number of methoxy groups -OCH3 is 2. The number of likely N-dealkylation sites (tertiary alicyclic amines) is 1. The van der Waals surface area contributed by atoms with Gasteiger partial charge in [-0.05, 0) is 24.3 Å². The molecule has 2 aromatic rings. The van der Waals surface area contributed by atoms with Crippen LogP contribution in [0.15, 0.2) is 48.5 Å². The Kier molecular flexibility index (Phi) is 7.78. The molecule has 0 saturated carbocycles. The van der Waals surface area contributed by atoms with Gasteiger partial charge in [0.25, 0.3) is 0 Å². The van der Waals surface area contributed by atoms with Gasteiger partial charge in [-0.25, -0.2) is 9.59 Å². The van der Waals surface area contributed by atoms with Crippen molar-refractivity contribution in [2.24, 2.45) is 0 Å². The highest BCUT2D eigenvalue weighted by atomic mass is 79.9. The Labute approximate surface area is 176 Å². The second kappa shape index (κ2) is 9.85. The third-order valence-electron chi connectivity index (χ3n) is 5.30. The molecule has 0 atom stereocenters.